The molecule has 1 N–H and O–H groups in total. The van der Waals surface area contributed by atoms with Crippen LogP contribution in [0.4, 0.5) is 14.5 Å². The van der Waals surface area contributed by atoms with Crippen LogP contribution in [0.25, 0.3) is 10.2 Å². The van der Waals surface area contributed by atoms with Crippen molar-refractivity contribution in [2.75, 3.05) is 5.32 Å². The van der Waals surface area contributed by atoms with Gasteiger partial charge >= 0.3 is 0 Å². The number of halogens is 2. The molecule has 0 aliphatic carbocycles. The minimum Gasteiger partial charge on any atom is -0.321 e. The normalized spacial score (nSPS) is 11.0. The SMILES string of the molecule is Cc1c(C(=O)Nc2cc(F)cc(F)c2)sc2ncn(C)c(=O)c12. The number of hydrogen-bond donors (Lipinski definition) is 1. The highest BCUT2D eigenvalue weighted by molar-refractivity contribution is 7.20. The van der Waals surface area contributed by atoms with Crippen LogP contribution < -0.4 is 10.9 Å². The number of benzene rings is 1. The Balaban J connectivity index is 2.03. The van der Waals surface area contributed by atoms with E-state index >= 15 is 0 Å². The molecular formula is C15H11F2N3O2S. The van der Waals surface area contributed by atoms with E-state index in [1.54, 1.807) is 14.0 Å². The van der Waals surface area contributed by atoms with Crippen LogP contribution in [0.5, 0.6) is 0 Å². The summed E-state index contributed by atoms with van der Waals surface area (Å²) >= 11 is 1.06. The maximum absolute atomic E-state index is 13.2. The zero-order valence-corrected chi connectivity index (χ0v) is 13.0. The zero-order chi connectivity index (χ0) is 16.7. The second-order valence-electron chi connectivity index (χ2n) is 5.01. The summed E-state index contributed by atoms with van der Waals surface area (Å²) in [4.78, 5) is 29.3. The molecule has 0 saturated heterocycles. The van der Waals surface area contributed by atoms with E-state index in [0.29, 0.717) is 21.8 Å². The van der Waals surface area contributed by atoms with Gasteiger partial charge in [0.15, 0.2) is 0 Å². The number of nitrogens with one attached hydrogen (secondary N) is 1. The highest BCUT2D eigenvalue weighted by Crippen LogP contribution is 2.27. The van der Waals surface area contributed by atoms with E-state index in [2.05, 4.69) is 10.3 Å². The van der Waals surface area contributed by atoms with E-state index in [9.17, 15) is 18.4 Å². The molecule has 2 heterocycles. The fourth-order valence-corrected chi connectivity index (χ4v) is 3.27. The van der Waals surface area contributed by atoms with Gasteiger partial charge in [-0.1, -0.05) is 0 Å². The van der Waals surface area contributed by atoms with Crippen LogP contribution in [-0.4, -0.2) is 15.5 Å². The average Bonchev–Trinajstić information content (AvgIpc) is 2.79. The Morgan fingerprint density at radius 2 is 1.91 bits per heavy atom. The van der Waals surface area contributed by atoms with Gasteiger partial charge in [0, 0.05) is 18.8 Å². The average molecular weight is 335 g/mol. The summed E-state index contributed by atoms with van der Waals surface area (Å²) in [5, 5.41) is 2.80. The summed E-state index contributed by atoms with van der Waals surface area (Å²) in [7, 11) is 1.57. The molecule has 0 fully saturated rings. The second-order valence-corrected chi connectivity index (χ2v) is 6.01. The Morgan fingerprint density at radius 3 is 2.57 bits per heavy atom. The highest BCUT2D eigenvalue weighted by Gasteiger charge is 2.19. The van der Waals surface area contributed by atoms with Crippen molar-refractivity contribution in [3.63, 3.8) is 0 Å². The quantitative estimate of drug-likeness (QED) is 0.783. The number of carbonyl (C=O) groups excluding carboxylic acids is 1. The van der Waals surface area contributed by atoms with Crippen molar-refractivity contribution in [1.82, 2.24) is 9.55 Å². The molecular weight excluding hydrogens is 324 g/mol. The van der Waals surface area contributed by atoms with Crippen molar-refractivity contribution < 1.29 is 13.6 Å². The molecule has 0 aliphatic heterocycles. The van der Waals surface area contributed by atoms with E-state index in [-0.39, 0.29) is 16.1 Å². The third-order valence-electron chi connectivity index (χ3n) is 3.34. The number of nitrogens with zero attached hydrogens (tertiary/aromatic N) is 2. The van der Waals surface area contributed by atoms with Crippen LogP contribution in [0.3, 0.4) is 0 Å². The molecule has 0 atom stereocenters. The predicted octanol–water partition coefficient (Wildman–Crippen LogP) is 2.83. The Morgan fingerprint density at radius 1 is 1.26 bits per heavy atom. The lowest BCUT2D eigenvalue weighted by Gasteiger charge is -2.05. The van der Waals surface area contributed by atoms with E-state index < -0.39 is 17.5 Å². The van der Waals surface area contributed by atoms with Crippen LogP contribution in [-0.2, 0) is 7.05 Å². The molecule has 3 rings (SSSR count). The van der Waals surface area contributed by atoms with Gasteiger partial charge in [-0.2, -0.15) is 0 Å². The minimum atomic E-state index is -0.788. The molecule has 0 unspecified atom stereocenters. The Bertz CT molecular complexity index is 974. The number of amides is 1. The van der Waals surface area contributed by atoms with Crippen molar-refractivity contribution in [1.29, 1.82) is 0 Å². The third kappa shape index (κ3) is 2.72. The smallest absolute Gasteiger partial charge is 0.266 e. The van der Waals surface area contributed by atoms with Gasteiger partial charge in [-0.25, -0.2) is 13.8 Å². The topological polar surface area (TPSA) is 64.0 Å². The number of aromatic nitrogens is 2. The first-order valence-electron chi connectivity index (χ1n) is 6.59. The van der Waals surface area contributed by atoms with Crippen molar-refractivity contribution in [2.45, 2.75) is 6.92 Å². The van der Waals surface area contributed by atoms with Gasteiger partial charge in [0.1, 0.15) is 16.5 Å². The number of fused-ring (bicyclic) bond motifs is 1. The molecule has 8 heteroatoms. The van der Waals surface area contributed by atoms with Crippen LogP contribution in [0.1, 0.15) is 15.2 Å². The van der Waals surface area contributed by atoms with Gasteiger partial charge in [-0.05, 0) is 24.6 Å². The monoisotopic (exact) mass is 335 g/mol. The summed E-state index contributed by atoms with van der Waals surface area (Å²) in [6.45, 7) is 1.64. The first-order chi connectivity index (χ1) is 10.9. The molecule has 2 aromatic heterocycles. The highest BCUT2D eigenvalue weighted by atomic mass is 32.1. The predicted molar refractivity (Wildman–Crippen MR) is 83.9 cm³/mol. The summed E-state index contributed by atoms with van der Waals surface area (Å²) in [5.74, 6) is -2.12. The van der Waals surface area contributed by atoms with Gasteiger partial charge in [-0.3, -0.25) is 9.59 Å². The molecule has 23 heavy (non-hydrogen) atoms. The molecule has 0 radical (unpaired) electrons. The Labute approximate surface area is 133 Å². The van der Waals surface area contributed by atoms with Crippen molar-refractivity contribution in [2.24, 2.45) is 7.05 Å². The minimum absolute atomic E-state index is 0.00483. The molecule has 0 aliphatic rings. The standard InChI is InChI=1S/C15H11F2N3O2S/c1-7-11-14(18-6-20(2)15(11)22)23-12(7)13(21)19-10-4-8(16)3-9(17)5-10/h3-6H,1-2H3,(H,19,21). The van der Waals surface area contributed by atoms with Crippen molar-refractivity contribution >= 4 is 33.1 Å². The van der Waals surface area contributed by atoms with Crippen LogP contribution >= 0.6 is 11.3 Å². The molecule has 3 aromatic rings. The number of anilines is 1. The first-order valence-corrected chi connectivity index (χ1v) is 7.40. The fraction of sp³-hybridized carbons (Fsp3) is 0.133. The lowest BCUT2D eigenvalue weighted by molar-refractivity contribution is 0.103. The molecule has 1 aromatic carbocycles. The molecule has 0 spiro atoms. The van der Waals surface area contributed by atoms with Crippen LogP contribution in [0, 0.1) is 18.6 Å². The summed E-state index contributed by atoms with van der Waals surface area (Å²) in [5.41, 5.74) is 0.248. The van der Waals surface area contributed by atoms with Gasteiger partial charge < -0.3 is 9.88 Å². The number of rotatable bonds is 2. The van der Waals surface area contributed by atoms with E-state index in [1.165, 1.54) is 10.9 Å². The number of aryl methyl sites for hydroxylation is 2. The molecule has 1 amide bonds. The third-order valence-corrected chi connectivity index (χ3v) is 4.54. The van der Waals surface area contributed by atoms with Gasteiger partial charge in [-0.15, -0.1) is 11.3 Å². The molecule has 0 bridgehead atoms. The van der Waals surface area contributed by atoms with Gasteiger partial charge in [0.05, 0.1) is 16.6 Å². The summed E-state index contributed by atoms with van der Waals surface area (Å²) in [6, 6.07) is 2.75. The number of carbonyl (C=O) groups is 1. The number of hydrogen-bond acceptors (Lipinski definition) is 4. The van der Waals surface area contributed by atoms with Crippen molar-refractivity contribution in [3.05, 3.63) is 57.0 Å². The first kappa shape index (κ1) is 15.3. The lowest BCUT2D eigenvalue weighted by Crippen LogP contribution is -2.17. The zero-order valence-electron chi connectivity index (χ0n) is 12.2. The maximum Gasteiger partial charge on any atom is 0.266 e. The Hall–Kier alpha value is -2.61. The summed E-state index contributed by atoms with van der Waals surface area (Å²) < 4.78 is 27.7. The largest absolute Gasteiger partial charge is 0.321 e. The van der Waals surface area contributed by atoms with E-state index in [1.807, 2.05) is 0 Å². The van der Waals surface area contributed by atoms with Crippen molar-refractivity contribution in [3.8, 4) is 0 Å². The fourth-order valence-electron chi connectivity index (χ4n) is 2.24. The van der Waals surface area contributed by atoms with E-state index in [4.69, 9.17) is 0 Å². The van der Waals surface area contributed by atoms with Gasteiger partial charge in [0.25, 0.3) is 11.5 Å². The lowest BCUT2D eigenvalue weighted by atomic mass is 10.2. The maximum atomic E-state index is 13.2. The van der Waals surface area contributed by atoms with Crippen LogP contribution in [0.15, 0.2) is 29.3 Å². The second kappa shape index (κ2) is 5.54. The molecule has 5 nitrogen and oxygen atoms in total. The Kier molecular flexibility index (Phi) is 3.69. The van der Waals surface area contributed by atoms with Crippen LogP contribution in [0.2, 0.25) is 0 Å². The van der Waals surface area contributed by atoms with E-state index in [0.717, 1.165) is 23.5 Å². The number of thiophene rings is 1. The molecule has 118 valence electrons. The molecule has 0 saturated carbocycles. The van der Waals surface area contributed by atoms with Gasteiger partial charge in [0.2, 0.25) is 0 Å². The summed E-state index contributed by atoms with van der Waals surface area (Å²) in [6.07, 6.45) is 1.38.